The standard InChI is InChI=1S/C16H14F2O2/c17-16(18)10-15(19)13-7-4-8-14(9-13)20-11-12-5-2-1-3-6-12/h1-9,16H,10-11H2. The Morgan fingerprint density at radius 1 is 1.05 bits per heavy atom. The lowest BCUT2D eigenvalue weighted by Gasteiger charge is -2.08. The number of carbonyl (C=O) groups excluding carboxylic acids is 1. The van der Waals surface area contributed by atoms with Gasteiger partial charge < -0.3 is 4.74 Å². The van der Waals surface area contributed by atoms with Crippen LogP contribution in [0.3, 0.4) is 0 Å². The summed E-state index contributed by atoms with van der Waals surface area (Å²) >= 11 is 0. The minimum absolute atomic E-state index is 0.246. The average Bonchev–Trinajstić information content (AvgIpc) is 2.46. The molecule has 0 heterocycles. The van der Waals surface area contributed by atoms with Gasteiger partial charge in [0.05, 0.1) is 6.42 Å². The first-order valence-electron chi connectivity index (χ1n) is 6.23. The Labute approximate surface area is 116 Å². The van der Waals surface area contributed by atoms with Gasteiger partial charge in [0.1, 0.15) is 12.4 Å². The van der Waals surface area contributed by atoms with Crippen molar-refractivity contribution in [3.63, 3.8) is 0 Å². The van der Waals surface area contributed by atoms with Crippen LogP contribution in [0.2, 0.25) is 0 Å². The summed E-state index contributed by atoms with van der Waals surface area (Å²) in [7, 11) is 0. The van der Waals surface area contributed by atoms with E-state index >= 15 is 0 Å². The molecule has 0 saturated carbocycles. The van der Waals surface area contributed by atoms with E-state index in [0.717, 1.165) is 5.56 Å². The lowest BCUT2D eigenvalue weighted by atomic mass is 10.1. The van der Waals surface area contributed by atoms with Crippen molar-refractivity contribution in [3.05, 3.63) is 65.7 Å². The zero-order valence-electron chi connectivity index (χ0n) is 10.8. The maximum atomic E-state index is 12.2. The van der Waals surface area contributed by atoms with E-state index in [9.17, 15) is 13.6 Å². The molecular formula is C16H14F2O2. The fourth-order valence-corrected chi connectivity index (χ4v) is 1.76. The Bertz CT molecular complexity index is 568. The van der Waals surface area contributed by atoms with Gasteiger partial charge in [-0.05, 0) is 17.7 Å². The van der Waals surface area contributed by atoms with Gasteiger partial charge in [0.15, 0.2) is 5.78 Å². The molecule has 2 rings (SSSR count). The van der Waals surface area contributed by atoms with E-state index < -0.39 is 18.6 Å². The Balaban J connectivity index is 2.01. The van der Waals surface area contributed by atoms with Crippen molar-refractivity contribution in [3.8, 4) is 5.75 Å². The summed E-state index contributed by atoms with van der Waals surface area (Å²) in [5, 5.41) is 0. The highest BCUT2D eigenvalue weighted by Gasteiger charge is 2.13. The van der Waals surface area contributed by atoms with Crippen molar-refractivity contribution in [2.24, 2.45) is 0 Å². The molecule has 2 aromatic rings. The van der Waals surface area contributed by atoms with Crippen LogP contribution in [-0.2, 0) is 6.61 Å². The van der Waals surface area contributed by atoms with Crippen LogP contribution in [0, 0.1) is 0 Å². The van der Waals surface area contributed by atoms with Crippen LogP contribution < -0.4 is 4.74 Å². The molecule has 0 N–H and O–H groups in total. The number of benzene rings is 2. The molecule has 2 aromatic carbocycles. The topological polar surface area (TPSA) is 26.3 Å². The third-order valence-electron chi connectivity index (χ3n) is 2.74. The molecule has 0 radical (unpaired) electrons. The molecule has 104 valence electrons. The third kappa shape index (κ3) is 4.16. The van der Waals surface area contributed by atoms with Crippen LogP contribution in [0.5, 0.6) is 5.75 Å². The van der Waals surface area contributed by atoms with E-state index in [1.807, 2.05) is 30.3 Å². The van der Waals surface area contributed by atoms with E-state index in [-0.39, 0.29) is 5.56 Å². The van der Waals surface area contributed by atoms with Gasteiger partial charge in [-0.3, -0.25) is 4.79 Å². The highest BCUT2D eigenvalue weighted by Crippen LogP contribution is 2.17. The van der Waals surface area contributed by atoms with Crippen LogP contribution in [-0.4, -0.2) is 12.2 Å². The maximum absolute atomic E-state index is 12.2. The molecule has 0 saturated heterocycles. The van der Waals surface area contributed by atoms with E-state index in [1.165, 1.54) is 12.1 Å². The molecule has 0 aliphatic carbocycles. The number of halogens is 2. The quantitative estimate of drug-likeness (QED) is 0.742. The molecule has 0 amide bonds. The molecule has 0 atom stereocenters. The van der Waals surface area contributed by atoms with Crippen molar-refractivity contribution < 1.29 is 18.3 Å². The summed E-state index contributed by atoms with van der Waals surface area (Å²) < 4.78 is 29.9. The number of ketones is 1. The summed E-state index contributed by atoms with van der Waals surface area (Å²) in [6, 6.07) is 15.9. The van der Waals surface area contributed by atoms with Gasteiger partial charge in [-0.25, -0.2) is 8.78 Å². The first-order chi connectivity index (χ1) is 9.65. The average molecular weight is 276 g/mol. The van der Waals surface area contributed by atoms with Crippen molar-refractivity contribution in [2.45, 2.75) is 19.5 Å². The number of Topliss-reactive ketones (excluding diaryl/α,β-unsaturated/α-hetero) is 1. The first-order valence-corrected chi connectivity index (χ1v) is 6.23. The van der Waals surface area contributed by atoms with E-state index in [4.69, 9.17) is 4.74 Å². The highest BCUT2D eigenvalue weighted by molar-refractivity contribution is 5.96. The van der Waals surface area contributed by atoms with Crippen LogP contribution in [0.15, 0.2) is 54.6 Å². The van der Waals surface area contributed by atoms with Gasteiger partial charge in [0.2, 0.25) is 6.43 Å². The first kappa shape index (κ1) is 14.2. The normalized spacial score (nSPS) is 10.6. The van der Waals surface area contributed by atoms with E-state index in [2.05, 4.69) is 0 Å². The van der Waals surface area contributed by atoms with Gasteiger partial charge in [-0.2, -0.15) is 0 Å². The Morgan fingerprint density at radius 2 is 1.80 bits per heavy atom. The summed E-state index contributed by atoms with van der Waals surface area (Å²) in [5.74, 6) is -0.0841. The monoisotopic (exact) mass is 276 g/mol. The number of ether oxygens (including phenoxy) is 1. The summed E-state index contributed by atoms with van der Waals surface area (Å²) in [4.78, 5) is 11.5. The second-order valence-electron chi connectivity index (χ2n) is 4.32. The SMILES string of the molecule is O=C(CC(F)F)c1cccc(OCc2ccccc2)c1. The zero-order valence-corrected chi connectivity index (χ0v) is 10.8. The third-order valence-corrected chi connectivity index (χ3v) is 2.74. The van der Waals surface area contributed by atoms with Gasteiger partial charge >= 0.3 is 0 Å². The smallest absolute Gasteiger partial charge is 0.245 e. The fourth-order valence-electron chi connectivity index (χ4n) is 1.76. The zero-order chi connectivity index (χ0) is 14.4. The Hall–Kier alpha value is -2.23. The van der Waals surface area contributed by atoms with Crippen molar-refractivity contribution in [1.82, 2.24) is 0 Å². The molecule has 4 heteroatoms. The summed E-state index contributed by atoms with van der Waals surface area (Å²) in [5.41, 5.74) is 1.24. The predicted octanol–water partition coefficient (Wildman–Crippen LogP) is 4.10. The largest absolute Gasteiger partial charge is 0.489 e. The van der Waals surface area contributed by atoms with Gasteiger partial charge in [-0.15, -0.1) is 0 Å². The fraction of sp³-hybridized carbons (Fsp3) is 0.188. The highest BCUT2D eigenvalue weighted by atomic mass is 19.3. The Morgan fingerprint density at radius 3 is 2.50 bits per heavy atom. The minimum atomic E-state index is -2.63. The molecule has 0 bridgehead atoms. The molecule has 0 aromatic heterocycles. The van der Waals surface area contributed by atoms with Crippen LogP contribution in [0.1, 0.15) is 22.3 Å². The van der Waals surface area contributed by atoms with Crippen molar-refractivity contribution in [1.29, 1.82) is 0 Å². The van der Waals surface area contributed by atoms with Gasteiger partial charge in [0.25, 0.3) is 0 Å². The second kappa shape index (κ2) is 6.80. The summed E-state index contributed by atoms with van der Waals surface area (Å²) in [6.07, 6.45) is -3.39. The maximum Gasteiger partial charge on any atom is 0.245 e. The second-order valence-corrected chi connectivity index (χ2v) is 4.32. The van der Waals surface area contributed by atoms with Crippen LogP contribution in [0.4, 0.5) is 8.78 Å². The lowest BCUT2D eigenvalue weighted by Crippen LogP contribution is -2.05. The molecule has 20 heavy (non-hydrogen) atoms. The molecule has 2 nitrogen and oxygen atoms in total. The molecular weight excluding hydrogens is 262 g/mol. The molecule has 0 unspecified atom stereocenters. The number of hydrogen-bond donors (Lipinski definition) is 0. The van der Waals surface area contributed by atoms with Crippen LogP contribution in [0.25, 0.3) is 0 Å². The van der Waals surface area contributed by atoms with Gasteiger partial charge in [-0.1, -0.05) is 42.5 Å². The van der Waals surface area contributed by atoms with Crippen LogP contribution >= 0.6 is 0 Å². The molecule has 0 spiro atoms. The van der Waals surface area contributed by atoms with Crippen molar-refractivity contribution >= 4 is 5.78 Å². The number of rotatable bonds is 6. The molecule has 0 aliphatic rings. The van der Waals surface area contributed by atoms with Gasteiger partial charge in [0, 0.05) is 5.56 Å². The molecule has 0 aliphatic heterocycles. The molecule has 0 fully saturated rings. The van der Waals surface area contributed by atoms with Crippen molar-refractivity contribution in [2.75, 3.05) is 0 Å². The Kier molecular flexibility index (Phi) is 4.82. The summed E-state index contributed by atoms with van der Waals surface area (Å²) in [6.45, 7) is 0.368. The lowest BCUT2D eigenvalue weighted by molar-refractivity contribution is 0.0829. The number of carbonyl (C=O) groups is 1. The van der Waals surface area contributed by atoms with E-state index in [1.54, 1.807) is 12.1 Å². The number of hydrogen-bond acceptors (Lipinski definition) is 2. The minimum Gasteiger partial charge on any atom is -0.489 e. The van der Waals surface area contributed by atoms with E-state index in [0.29, 0.717) is 12.4 Å². The number of alkyl halides is 2. The predicted molar refractivity (Wildman–Crippen MR) is 72.2 cm³/mol.